The molecule has 4 nitrogen and oxygen atoms in total. The van der Waals surface area contributed by atoms with Crippen molar-refractivity contribution in [2.75, 3.05) is 6.79 Å². The van der Waals surface area contributed by atoms with Crippen LogP contribution in [0.1, 0.15) is 0 Å². The second-order valence-electron chi connectivity index (χ2n) is 1.99. The molecule has 0 saturated carbocycles. The van der Waals surface area contributed by atoms with Gasteiger partial charge in [0.2, 0.25) is 0 Å². The number of carbonyl (C=O) groups excluding carboxylic acids is 1. The van der Waals surface area contributed by atoms with Crippen molar-refractivity contribution in [3.8, 4) is 0 Å². The van der Waals surface area contributed by atoms with Crippen LogP contribution >= 0.6 is 0 Å². The van der Waals surface area contributed by atoms with Gasteiger partial charge in [-0.15, -0.1) is 0 Å². The molecule has 1 unspecified atom stereocenters. The summed E-state index contributed by atoms with van der Waals surface area (Å²) in [5.74, 6) is 0.287. The molecule has 52 valence electrons. The molecule has 0 radical (unpaired) electrons. The fourth-order valence-corrected chi connectivity index (χ4v) is 0.908. The lowest BCUT2D eigenvalue weighted by Crippen LogP contribution is -2.21. The zero-order valence-corrected chi connectivity index (χ0v) is 5.11. The van der Waals surface area contributed by atoms with Gasteiger partial charge in [0.1, 0.15) is 5.76 Å². The van der Waals surface area contributed by atoms with Crippen LogP contribution in [-0.2, 0) is 14.3 Å². The monoisotopic (exact) mass is 139 g/mol. The first-order valence-corrected chi connectivity index (χ1v) is 2.90. The Bertz CT molecular complexity index is 231. The number of nitrogens with zero attached hydrogens (tertiary/aromatic N) is 1. The van der Waals surface area contributed by atoms with Crippen LogP contribution in [0.3, 0.4) is 0 Å². The van der Waals surface area contributed by atoms with Crippen LogP contribution in [0.4, 0.5) is 0 Å². The zero-order chi connectivity index (χ0) is 6.97. The van der Waals surface area contributed by atoms with Crippen LogP contribution in [-0.4, -0.2) is 25.0 Å². The smallest absolute Gasteiger partial charge is 0.282 e. The molecule has 4 heteroatoms. The Hall–Kier alpha value is -1.16. The summed E-state index contributed by atoms with van der Waals surface area (Å²) in [6.07, 6.45) is 2.49. The average molecular weight is 139 g/mol. The molecule has 1 amide bonds. The Balaban J connectivity index is 2.33. The largest absolute Gasteiger partial charge is 0.468 e. The third-order valence-electron chi connectivity index (χ3n) is 1.38. The van der Waals surface area contributed by atoms with Crippen molar-refractivity contribution in [3.63, 3.8) is 0 Å². The molecular formula is C6H5NO3. The maximum atomic E-state index is 10.8. The maximum Gasteiger partial charge on any atom is 0.282 e. The van der Waals surface area contributed by atoms with Gasteiger partial charge in [-0.25, -0.2) is 4.99 Å². The van der Waals surface area contributed by atoms with Gasteiger partial charge < -0.3 is 9.47 Å². The van der Waals surface area contributed by atoms with Gasteiger partial charge in [-0.1, -0.05) is 0 Å². The van der Waals surface area contributed by atoms with E-state index in [1.807, 2.05) is 0 Å². The first kappa shape index (κ1) is 5.61. The first-order valence-electron chi connectivity index (χ1n) is 2.90. The predicted octanol–water partition coefficient (Wildman–Crippen LogP) is -0.146. The first-order chi connectivity index (χ1) is 4.88. The van der Waals surface area contributed by atoms with Gasteiger partial charge in [0.15, 0.2) is 12.9 Å². The minimum absolute atomic E-state index is 0.158. The highest BCUT2D eigenvalue weighted by atomic mass is 16.7. The summed E-state index contributed by atoms with van der Waals surface area (Å²) in [5.41, 5.74) is 0. The number of hydrogen-bond donors (Lipinski definition) is 0. The molecule has 0 aromatic rings. The predicted molar refractivity (Wildman–Crippen MR) is 32.4 cm³/mol. The highest BCUT2D eigenvalue weighted by molar-refractivity contribution is 5.96. The van der Waals surface area contributed by atoms with Crippen LogP contribution in [0.15, 0.2) is 16.8 Å². The van der Waals surface area contributed by atoms with Crippen LogP contribution in [0.25, 0.3) is 0 Å². The molecule has 2 heterocycles. The maximum absolute atomic E-state index is 10.8. The van der Waals surface area contributed by atoms with Gasteiger partial charge in [-0.2, -0.15) is 0 Å². The lowest BCUT2D eigenvalue weighted by molar-refractivity contribution is -0.125. The fourth-order valence-electron chi connectivity index (χ4n) is 0.908. The lowest BCUT2D eigenvalue weighted by Gasteiger charge is -2.05. The summed E-state index contributed by atoms with van der Waals surface area (Å²) < 4.78 is 9.87. The van der Waals surface area contributed by atoms with E-state index in [4.69, 9.17) is 9.47 Å². The quantitative estimate of drug-likeness (QED) is 0.469. The summed E-state index contributed by atoms with van der Waals surface area (Å²) in [7, 11) is 0. The van der Waals surface area contributed by atoms with Crippen molar-refractivity contribution in [1.29, 1.82) is 0 Å². The molecule has 2 aliphatic heterocycles. The Labute approximate surface area is 57.1 Å². The van der Waals surface area contributed by atoms with Crippen molar-refractivity contribution in [3.05, 3.63) is 11.8 Å². The SMILES string of the molecule is O=C1N=CC=C2OCOC12. The summed E-state index contributed by atoms with van der Waals surface area (Å²) in [6, 6.07) is 0. The van der Waals surface area contributed by atoms with E-state index in [0.29, 0.717) is 5.76 Å². The normalized spacial score (nSPS) is 29.4. The van der Waals surface area contributed by atoms with E-state index in [0.717, 1.165) is 0 Å². The third-order valence-corrected chi connectivity index (χ3v) is 1.38. The molecule has 10 heavy (non-hydrogen) atoms. The standard InChI is InChI=1S/C6H5NO3/c8-6-5-4(1-2-7-6)9-3-10-5/h1-2,5H,3H2. The number of dihydropyridines is 1. The Morgan fingerprint density at radius 3 is 3.40 bits per heavy atom. The molecule has 1 saturated heterocycles. The molecule has 2 aliphatic rings. The van der Waals surface area contributed by atoms with Gasteiger partial charge in [0.05, 0.1) is 0 Å². The summed E-state index contributed by atoms with van der Waals surface area (Å²) in [5, 5.41) is 0. The van der Waals surface area contributed by atoms with Crippen LogP contribution in [0.2, 0.25) is 0 Å². The van der Waals surface area contributed by atoms with Gasteiger partial charge in [0, 0.05) is 6.21 Å². The molecular weight excluding hydrogens is 134 g/mol. The van der Waals surface area contributed by atoms with Crippen molar-refractivity contribution < 1.29 is 14.3 Å². The number of amides is 1. The molecule has 0 N–H and O–H groups in total. The molecule has 0 aliphatic carbocycles. The number of carbonyl (C=O) groups is 1. The van der Waals surface area contributed by atoms with E-state index in [1.54, 1.807) is 6.08 Å². The van der Waals surface area contributed by atoms with Gasteiger partial charge in [-0.3, -0.25) is 4.79 Å². The molecule has 1 atom stereocenters. The molecule has 2 rings (SSSR count). The number of rotatable bonds is 0. The Morgan fingerprint density at radius 1 is 1.70 bits per heavy atom. The van der Waals surface area contributed by atoms with Crippen molar-refractivity contribution in [2.24, 2.45) is 4.99 Å². The number of hydrogen-bond acceptors (Lipinski definition) is 3. The number of ether oxygens (including phenoxy) is 2. The summed E-state index contributed by atoms with van der Waals surface area (Å²) in [4.78, 5) is 14.4. The molecule has 0 bridgehead atoms. The second kappa shape index (κ2) is 1.91. The highest BCUT2D eigenvalue weighted by Crippen LogP contribution is 2.19. The molecule has 1 fully saturated rings. The third kappa shape index (κ3) is 0.657. The number of allylic oxidation sites excluding steroid dienone is 1. The Morgan fingerprint density at radius 2 is 2.60 bits per heavy atom. The van der Waals surface area contributed by atoms with E-state index in [2.05, 4.69) is 4.99 Å². The van der Waals surface area contributed by atoms with E-state index in [-0.39, 0.29) is 12.7 Å². The van der Waals surface area contributed by atoms with Gasteiger partial charge in [-0.05, 0) is 6.08 Å². The zero-order valence-electron chi connectivity index (χ0n) is 5.11. The molecule has 0 aromatic carbocycles. The number of fused-ring (bicyclic) bond motifs is 1. The number of aliphatic imine (C=N–C) groups is 1. The van der Waals surface area contributed by atoms with E-state index in [1.165, 1.54) is 6.21 Å². The highest BCUT2D eigenvalue weighted by Gasteiger charge is 2.31. The van der Waals surface area contributed by atoms with Crippen molar-refractivity contribution in [1.82, 2.24) is 0 Å². The van der Waals surface area contributed by atoms with Crippen molar-refractivity contribution in [2.45, 2.75) is 6.10 Å². The van der Waals surface area contributed by atoms with Gasteiger partial charge >= 0.3 is 0 Å². The van der Waals surface area contributed by atoms with E-state index >= 15 is 0 Å². The molecule has 0 spiro atoms. The second-order valence-corrected chi connectivity index (χ2v) is 1.99. The minimum Gasteiger partial charge on any atom is -0.468 e. The summed E-state index contributed by atoms with van der Waals surface area (Å²) in [6.45, 7) is 0.158. The minimum atomic E-state index is -0.565. The van der Waals surface area contributed by atoms with E-state index in [9.17, 15) is 4.79 Å². The van der Waals surface area contributed by atoms with Crippen LogP contribution < -0.4 is 0 Å². The van der Waals surface area contributed by atoms with E-state index < -0.39 is 6.10 Å². The summed E-state index contributed by atoms with van der Waals surface area (Å²) >= 11 is 0. The fraction of sp³-hybridized carbons (Fsp3) is 0.333. The van der Waals surface area contributed by atoms with Gasteiger partial charge in [0.25, 0.3) is 5.91 Å². The topological polar surface area (TPSA) is 47.9 Å². The molecule has 0 aromatic heterocycles. The van der Waals surface area contributed by atoms with Crippen LogP contribution in [0, 0.1) is 0 Å². The van der Waals surface area contributed by atoms with Crippen molar-refractivity contribution >= 4 is 12.1 Å². The average Bonchev–Trinajstić information content (AvgIpc) is 2.36. The lowest BCUT2D eigenvalue weighted by atomic mass is 10.2. The Kier molecular flexibility index (Phi) is 1.07. The van der Waals surface area contributed by atoms with Crippen LogP contribution in [0.5, 0.6) is 0 Å².